The number of halogens is 1. The number of hydrogen-bond acceptors (Lipinski definition) is 3. The summed E-state index contributed by atoms with van der Waals surface area (Å²) >= 11 is 5.91. The molecule has 0 saturated heterocycles. The average Bonchev–Trinajstić information content (AvgIpc) is 2.12. The average molecular weight is 210 g/mol. The van der Waals surface area contributed by atoms with E-state index >= 15 is 0 Å². The molecular formula is C10H12ClN3. The predicted octanol–water partition coefficient (Wildman–Crippen LogP) is 1.41. The van der Waals surface area contributed by atoms with Crippen LogP contribution in [0.1, 0.15) is 18.9 Å². The smallest absolute Gasteiger partial charge is 0.0823 e. The molecule has 0 fully saturated rings. The normalized spacial score (nSPS) is 11.6. The fourth-order valence-corrected chi connectivity index (χ4v) is 1.00. The molecule has 74 valence electrons. The van der Waals surface area contributed by atoms with Gasteiger partial charge in [-0.1, -0.05) is 23.4 Å². The van der Waals surface area contributed by atoms with Gasteiger partial charge < -0.3 is 11.5 Å². The van der Waals surface area contributed by atoms with Crippen molar-refractivity contribution in [2.45, 2.75) is 19.4 Å². The Kier molecular flexibility index (Phi) is 3.75. The van der Waals surface area contributed by atoms with Gasteiger partial charge in [-0.15, -0.1) is 0 Å². The molecule has 4 N–H and O–H groups in total. The molecule has 0 aliphatic rings. The zero-order valence-electron chi connectivity index (χ0n) is 7.92. The molecule has 0 bridgehead atoms. The van der Waals surface area contributed by atoms with Gasteiger partial charge in [0.25, 0.3) is 0 Å². The molecule has 1 aromatic rings. The lowest BCUT2D eigenvalue weighted by Crippen LogP contribution is -2.12. The molecule has 0 spiro atoms. The summed E-state index contributed by atoms with van der Waals surface area (Å²) in [7, 11) is 0. The van der Waals surface area contributed by atoms with Crippen LogP contribution >= 0.6 is 11.6 Å². The van der Waals surface area contributed by atoms with E-state index in [0.717, 1.165) is 0 Å². The van der Waals surface area contributed by atoms with Crippen molar-refractivity contribution in [2.24, 2.45) is 5.73 Å². The highest BCUT2D eigenvalue weighted by Crippen LogP contribution is 2.20. The van der Waals surface area contributed by atoms with Crippen LogP contribution in [-0.2, 0) is 0 Å². The van der Waals surface area contributed by atoms with Crippen LogP contribution in [0.2, 0.25) is 5.02 Å². The summed E-state index contributed by atoms with van der Waals surface area (Å²) in [6, 6.07) is 0.0651. The van der Waals surface area contributed by atoms with Crippen LogP contribution in [0.25, 0.3) is 0 Å². The van der Waals surface area contributed by atoms with Crippen LogP contribution in [-0.4, -0.2) is 11.0 Å². The quantitative estimate of drug-likeness (QED) is 0.688. The molecule has 1 atom stereocenters. The maximum Gasteiger partial charge on any atom is 0.0823 e. The lowest BCUT2D eigenvalue weighted by atomic mass is 10.2. The predicted molar refractivity (Wildman–Crippen MR) is 58.8 cm³/mol. The zero-order valence-corrected chi connectivity index (χ0v) is 8.67. The Bertz CT molecular complexity index is 377. The molecule has 0 radical (unpaired) electrons. The van der Waals surface area contributed by atoms with E-state index in [0.29, 0.717) is 22.7 Å². The van der Waals surface area contributed by atoms with E-state index in [4.69, 9.17) is 23.1 Å². The van der Waals surface area contributed by atoms with Crippen molar-refractivity contribution in [3.8, 4) is 11.8 Å². The van der Waals surface area contributed by atoms with Crippen LogP contribution in [0.3, 0.4) is 0 Å². The van der Waals surface area contributed by atoms with Crippen molar-refractivity contribution in [3.05, 3.63) is 23.0 Å². The first-order chi connectivity index (χ1) is 6.61. The maximum atomic E-state index is 5.91. The highest BCUT2D eigenvalue weighted by molar-refractivity contribution is 6.34. The van der Waals surface area contributed by atoms with Crippen molar-refractivity contribution >= 4 is 17.3 Å². The molecule has 0 aliphatic carbocycles. The SMILES string of the molecule is C[C@H](N)CC#Cc1cncc(N)c1Cl. The number of anilines is 1. The maximum absolute atomic E-state index is 5.91. The van der Waals surface area contributed by atoms with E-state index in [2.05, 4.69) is 16.8 Å². The second-order valence-electron chi connectivity index (χ2n) is 3.07. The Balaban J connectivity index is 2.85. The number of nitrogens with two attached hydrogens (primary N) is 2. The summed E-state index contributed by atoms with van der Waals surface area (Å²) < 4.78 is 0. The van der Waals surface area contributed by atoms with Crippen LogP contribution in [0, 0.1) is 11.8 Å². The topological polar surface area (TPSA) is 64.9 Å². The second-order valence-corrected chi connectivity index (χ2v) is 3.45. The number of pyridine rings is 1. The summed E-state index contributed by atoms with van der Waals surface area (Å²) in [5.74, 6) is 5.79. The minimum Gasteiger partial charge on any atom is -0.396 e. The third kappa shape index (κ3) is 2.91. The molecule has 1 aromatic heterocycles. The first kappa shape index (κ1) is 10.8. The van der Waals surface area contributed by atoms with Crippen molar-refractivity contribution < 1.29 is 0 Å². The summed E-state index contributed by atoms with van der Waals surface area (Å²) in [4.78, 5) is 3.90. The monoisotopic (exact) mass is 209 g/mol. The molecule has 0 amide bonds. The Morgan fingerprint density at radius 3 is 2.93 bits per heavy atom. The van der Waals surface area contributed by atoms with Gasteiger partial charge in [0, 0.05) is 18.7 Å². The molecular weight excluding hydrogens is 198 g/mol. The Morgan fingerprint density at radius 2 is 2.29 bits per heavy atom. The summed E-state index contributed by atoms with van der Waals surface area (Å²) in [6.45, 7) is 1.90. The van der Waals surface area contributed by atoms with Gasteiger partial charge in [-0.2, -0.15) is 0 Å². The van der Waals surface area contributed by atoms with E-state index in [1.54, 1.807) is 6.20 Å². The van der Waals surface area contributed by atoms with Crippen LogP contribution in [0.5, 0.6) is 0 Å². The molecule has 4 heteroatoms. The van der Waals surface area contributed by atoms with Gasteiger partial charge in [0.2, 0.25) is 0 Å². The minimum absolute atomic E-state index is 0.0651. The summed E-state index contributed by atoms with van der Waals surface area (Å²) in [6.07, 6.45) is 3.72. The highest BCUT2D eigenvalue weighted by Gasteiger charge is 2.00. The van der Waals surface area contributed by atoms with E-state index in [-0.39, 0.29) is 6.04 Å². The fraction of sp³-hybridized carbons (Fsp3) is 0.300. The molecule has 0 unspecified atom stereocenters. The zero-order chi connectivity index (χ0) is 10.6. The third-order valence-electron chi connectivity index (χ3n) is 1.55. The molecule has 14 heavy (non-hydrogen) atoms. The van der Waals surface area contributed by atoms with Crippen molar-refractivity contribution in [2.75, 3.05) is 5.73 Å². The number of nitrogen functional groups attached to an aromatic ring is 1. The van der Waals surface area contributed by atoms with Gasteiger partial charge in [0.15, 0.2) is 0 Å². The van der Waals surface area contributed by atoms with Crippen molar-refractivity contribution in [1.29, 1.82) is 0 Å². The van der Waals surface area contributed by atoms with E-state index in [1.807, 2.05) is 6.92 Å². The molecule has 0 aliphatic heterocycles. The van der Waals surface area contributed by atoms with Crippen LogP contribution < -0.4 is 11.5 Å². The van der Waals surface area contributed by atoms with Gasteiger partial charge in [-0.05, 0) is 6.92 Å². The number of aromatic nitrogens is 1. The number of rotatable bonds is 1. The molecule has 1 heterocycles. The minimum atomic E-state index is 0.0651. The second kappa shape index (κ2) is 4.85. The van der Waals surface area contributed by atoms with E-state index in [1.165, 1.54) is 6.20 Å². The Hall–Kier alpha value is -1.24. The van der Waals surface area contributed by atoms with Crippen molar-refractivity contribution in [1.82, 2.24) is 4.98 Å². The lowest BCUT2D eigenvalue weighted by Gasteiger charge is -1.98. The summed E-state index contributed by atoms with van der Waals surface area (Å²) in [5.41, 5.74) is 12.2. The molecule has 3 nitrogen and oxygen atoms in total. The van der Waals surface area contributed by atoms with Gasteiger partial charge in [-0.25, -0.2) is 0 Å². The first-order valence-corrected chi connectivity index (χ1v) is 4.62. The third-order valence-corrected chi connectivity index (χ3v) is 1.98. The van der Waals surface area contributed by atoms with Gasteiger partial charge >= 0.3 is 0 Å². The standard InChI is InChI=1S/C10H12ClN3/c1-7(12)3-2-4-8-5-14-6-9(13)10(8)11/h5-7H,3,12-13H2,1H3/t7-/m0/s1. The van der Waals surface area contributed by atoms with Crippen molar-refractivity contribution in [3.63, 3.8) is 0 Å². The van der Waals surface area contributed by atoms with Gasteiger partial charge in [-0.3, -0.25) is 4.98 Å². The number of nitrogens with zero attached hydrogens (tertiary/aromatic N) is 1. The fourth-order valence-electron chi connectivity index (χ4n) is 0.855. The van der Waals surface area contributed by atoms with Crippen LogP contribution in [0.15, 0.2) is 12.4 Å². The molecule has 1 rings (SSSR count). The van der Waals surface area contributed by atoms with Gasteiger partial charge in [0.05, 0.1) is 22.5 Å². The van der Waals surface area contributed by atoms with Gasteiger partial charge in [0.1, 0.15) is 0 Å². The molecule has 0 aromatic carbocycles. The molecule has 0 saturated carbocycles. The highest BCUT2D eigenvalue weighted by atomic mass is 35.5. The Morgan fingerprint density at radius 1 is 1.57 bits per heavy atom. The van der Waals surface area contributed by atoms with Crippen LogP contribution in [0.4, 0.5) is 5.69 Å². The lowest BCUT2D eigenvalue weighted by molar-refractivity contribution is 0.771. The number of hydrogen-bond donors (Lipinski definition) is 2. The Labute approximate surface area is 88.5 Å². The van der Waals surface area contributed by atoms with E-state index in [9.17, 15) is 0 Å². The first-order valence-electron chi connectivity index (χ1n) is 4.24. The van der Waals surface area contributed by atoms with E-state index < -0.39 is 0 Å². The largest absolute Gasteiger partial charge is 0.396 e. The summed E-state index contributed by atoms with van der Waals surface area (Å²) in [5, 5.41) is 0.456.